The summed E-state index contributed by atoms with van der Waals surface area (Å²) in [5.41, 5.74) is 0.801. The Hall–Kier alpha value is -1.32. The maximum Gasteiger partial charge on any atom is 0.491 e. The molecule has 0 fully saturated rings. The Morgan fingerprint density at radius 1 is 1.13 bits per heavy atom. The fourth-order valence-electron chi connectivity index (χ4n) is 1.62. The summed E-state index contributed by atoms with van der Waals surface area (Å²) < 4.78 is 5.13. The van der Waals surface area contributed by atoms with Gasteiger partial charge in [0.05, 0.1) is 0 Å². The van der Waals surface area contributed by atoms with Crippen LogP contribution in [0.5, 0.6) is 0 Å². The van der Waals surface area contributed by atoms with E-state index in [0.717, 1.165) is 10.8 Å². The molecule has 2 rings (SSSR count). The zero-order valence-electron chi connectivity index (χ0n) is 8.68. The maximum atomic E-state index is 9.66. The second-order valence-electron chi connectivity index (χ2n) is 3.41. The SMILES string of the molecule is CCOB(O)c1ccc2ccccc2c1. The van der Waals surface area contributed by atoms with Gasteiger partial charge in [0.25, 0.3) is 0 Å². The fourth-order valence-corrected chi connectivity index (χ4v) is 1.62. The Kier molecular flexibility index (Phi) is 3.04. The van der Waals surface area contributed by atoms with Gasteiger partial charge in [0.15, 0.2) is 0 Å². The lowest BCUT2D eigenvalue weighted by Gasteiger charge is -2.07. The van der Waals surface area contributed by atoms with Crippen molar-refractivity contribution < 1.29 is 9.68 Å². The highest BCUT2D eigenvalue weighted by atomic mass is 16.5. The average molecular weight is 200 g/mol. The van der Waals surface area contributed by atoms with Crippen LogP contribution in [0.2, 0.25) is 0 Å². The first-order valence-corrected chi connectivity index (χ1v) is 5.09. The summed E-state index contributed by atoms with van der Waals surface area (Å²) in [5, 5.41) is 11.9. The standard InChI is InChI=1S/C12H13BO2/c1-2-15-13(14)12-8-7-10-5-3-4-6-11(10)9-12/h3-9,14H,2H2,1H3. The molecule has 2 aromatic carbocycles. The highest BCUT2D eigenvalue weighted by Crippen LogP contribution is 2.11. The van der Waals surface area contributed by atoms with Crippen LogP contribution in [-0.4, -0.2) is 18.7 Å². The molecular weight excluding hydrogens is 187 g/mol. The van der Waals surface area contributed by atoms with Crippen molar-refractivity contribution in [2.24, 2.45) is 0 Å². The largest absolute Gasteiger partial charge is 0.491 e. The predicted molar refractivity (Wildman–Crippen MR) is 63.2 cm³/mol. The first-order chi connectivity index (χ1) is 7.31. The molecule has 2 aromatic rings. The molecule has 2 nitrogen and oxygen atoms in total. The molecule has 0 saturated heterocycles. The molecule has 0 unspecified atom stereocenters. The van der Waals surface area contributed by atoms with E-state index in [1.54, 1.807) is 0 Å². The highest BCUT2D eigenvalue weighted by molar-refractivity contribution is 6.60. The minimum absolute atomic E-state index is 0.508. The van der Waals surface area contributed by atoms with Crippen molar-refractivity contribution in [2.45, 2.75) is 6.92 Å². The molecule has 3 heteroatoms. The van der Waals surface area contributed by atoms with Crippen molar-refractivity contribution in [1.29, 1.82) is 0 Å². The number of fused-ring (bicyclic) bond motifs is 1. The van der Waals surface area contributed by atoms with E-state index >= 15 is 0 Å². The first-order valence-electron chi connectivity index (χ1n) is 5.09. The molecule has 0 spiro atoms. The number of hydrogen-bond donors (Lipinski definition) is 1. The van der Waals surface area contributed by atoms with Gasteiger partial charge in [-0.25, -0.2) is 0 Å². The Morgan fingerprint density at radius 3 is 2.60 bits per heavy atom. The lowest BCUT2D eigenvalue weighted by molar-refractivity contribution is 0.287. The Bertz CT molecular complexity index is 456. The Morgan fingerprint density at radius 2 is 1.87 bits per heavy atom. The van der Waals surface area contributed by atoms with Crippen LogP contribution in [0.3, 0.4) is 0 Å². The van der Waals surface area contributed by atoms with Gasteiger partial charge >= 0.3 is 7.12 Å². The molecular formula is C12H13BO2. The molecule has 0 aliphatic carbocycles. The molecule has 76 valence electrons. The van der Waals surface area contributed by atoms with Crippen LogP contribution in [-0.2, 0) is 4.65 Å². The molecule has 0 aliphatic heterocycles. The van der Waals surface area contributed by atoms with E-state index in [1.165, 1.54) is 5.39 Å². The summed E-state index contributed by atoms with van der Waals surface area (Å²) in [6.45, 7) is 2.37. The third-order valence-electron chi connectivity index (χ3n) is 2.38. The quantitative estimate of drug-likeness (QED) is 0.762. The van der Waals surface area contributed by atoms with Gasteiger partial charge < -0.3 is 9.68 Å². The van der Waals surface area contributed by atoms with Crippen LogP contribution in [0, 0.1) is 0 Å². The van der Waals surface area contributed by atoms with Gasteiger partial charge in [0, 0.05) is 6.61 Å². The second kappa shape index (κ2) is 4.47. The van der Waals surface area contributed by atoms with E-state index in [2.05, 4.69) is 0 Å². The lowest BCUT2D eigenvalue weighted by atomic mass is 9.78. The summed E-state index contributed by atoms with van der Waals surface area (Å²) in [4.78, 5) is 0. The van der Waals surface area contributed by atoms with Gasteiger partial charge in [0.1, 0.15) is 0 Å². The van der Waals surface area contributed by atoms with E-state index in [0.29, 0.717) is 6.61 Å². The molecule has 0 bridgehead atoms. The second-order valence-corrected chi connectivity index (χ2v) is 3.41. The zero-order valence-corrected chi connectivity index (χ0v) is 8.68. The van der Waals surface area contributed by atoms with Crippen LogP contribution in [0.1, 0.15) is 6.92 Å². The van der Waals surface area contributed by atoms with Crippen molar-refractivity contribution in [3.05, 3.63) is 42.5 Å². The summed E-state index contributed by atoms with van der Waals surface area (Å²) in [6.07, 6.45) is 0. The Balaban J connectivity index is 2.38. The normalized spacial score (nSPS) is 10.5. The van der Waals surface area contributed by atoms with E-state index in [-0.39, 0.29) is 0 Å². The summed E-state index contributed by atoms with van der Waals surface area (Å²) in [6, 6.07) is 13.9. The van der Waals surface area contributed by atoms with Crippen LogP contribution in [0.15, 0.2) is 42.5 Å². The van der Waals surface area contributed by atoms with E-state index in [1.807, 2.05) is 49.4 Å². The van der Waals surface area contributed by atoms with E-state index < -0.39 is 7.12 Å². The Labute approximate surface area is 89.6 Å². The van der Waals surface area contributed by atoms with Crippen LogP contribution < -0.4 is 5.46 Å². The molecule has 0 saturated carbocycles. The summed E-state index contributed by atoms with van der Waals surface area (Å²) in [7, 11) is -0.820. The van der Waals surface area contributed by atoms with Gasteiger partial charge in [0.2, 0.25) is 0 Å². The van der Waals surface area contributed by atoms with Crippen molar-refractivity contribution in [1.82, 2.24) is 0 Å². The maximum absolute atomic E-state index is 9.66. The topological polar surface area (TPSA) is 29.5 Å². The lowest BCUT2D eigenvalue weighted by Crippen LogP contribution is -2.33. The molecule has 0 heterocycles. The average Bonchev–Trinajstić information content (AvgIpc) is 2.29. The number of rotatable bonds is 3. The number of benzene rings is 2. The van der Waals surface area contributed by atoms with Crippen molar-refractivity contribution in [3.63, 3.8) is 0 Å². The van der Waals surface area contributed by atoms with Gasteiger partial charge in [-0.1, -0.05) is 42.5 Å². The summed E-state index contributed by atoms with van der Waals surface area (Å²) >= 11 is 0. The molecule has 15 heavy (non-hydrogen) atoms. The molecule has 0 aromatic heterocycles. The first kappa shape index (κ1) is 10.2. The van der Waals surface area contributed by atoms with E-state index in [9.17, 15) is 5.02 Å². The third kappa shape index (κ3) is 2.20. The van der Waals surface area contributed by atoms with Crippen LogP contribution in [0.25, 0.3) is 10.8 Å². The molecule has 0 amide bonds. The monoisotopic (exact) mass is 200 g/mol. The van der Waals surface area contributed by atoms with Gasteiger partial charge in [-0.3, -0.25) is 0 Å². The van der Waals surface area contributed by atoms with Gasteiger partial charge in [-0.2, -0.15) is 0 Å². The van der Waals surface area contributed by atoms with Crippen molar-refractivity contribution >= 4 is 23.4 Å². The van der Waals surface area contributed by atoms with Gasteiger partial charge in [-0.05, 0) is 23.2 Å². The van der Waals surface area contributed by atoms with Crippen molar-refractivity contribution in [3.8, 4) is 0 Å². The highest BCUT2D eigenvalue weighted by Gasteiger charge is 2.15. The van der Waals surface area contributed by atoms with Crippen molar-refractivity contribution in [2.75, 3.05) is 6.61 Å². The molecule has 0 radical (unpaired) electrons. The molecule has 0 aliphatic rings. The van der Waals surface area contributed by atoms with E-state index in [4.69, 9.17) is 4.65 Å². The van der Waals surface area contributed by atoms with Crippen LogP contribution >= 0.6 is 0 Å². The molecule has 0 atom stereocenters. The fraction of sp³-hybridized carbons (Fsp3) is 0.167. The molecule has 1 N–H and O–H groups in total. The van der Waals surface area contributed by atoms with Gasteiger partial charge in [-0.15, -0.1) is 0 Å². The minimum atomic E-state index is -0.820. The minimum Gasteiger partial charge on any atom is -0.423 e. The van der Waals surface area contributed by atoms with Crippen LogP contribution in [0.4, 0.5) is 0 Å². The zero-order chi connectivity index (χ0) is 10.7. The smallest absolute Gasteiger partial charge is 0.423 e. The summed E-state index contributed by atoms with van der Waals surface area (Å²) in [5.74, 6) is 0. The third-order valence-corrected chi connectivity index (χ3v) is 2.38. The predicted octanol–water partition coefficient (Wildman–Crippen LogP) is 1.56. The number of hydrogen-bond acceptors (Lipinski definition) is 2.